The highest BCUT2D eigenvalue weighted by Gasteiger charge is 2.34. The summed E-state index contributed by atoms with van der Waals surface area (Å²) in [5.41, 5.74) is 1.28. The molecule has 4 nitrogen and oxygen atoms in total. The zero-order valence-corrected chi connectivity index (χ0v) is 14.4. The van der Waals surface area contributed by atoms with Gasteiger partial charge in [0.25, 0.3) is 11.8 Å². The highest BCUT2D eigenvalue weighted by atomic mass is 16.5. The van der Waals surface area contributed by atoms with Crippen molar-refractivity contribution in [2.75, 3.05) is 19.8 Å². The van der Waals surface area contributed by atoms with Crippen molar-refractivity contribution < 1.29 is 14.3 Å². The molecule has 2 amide bonds. The van der Waals surface area contributed by atoms with Gasteiger partial charge in [-0.1, -0.05) is 45.7 Å². The van der Waals surface area contributed by atoms with Crippen molar-refractivity contribution in [3.05, 3.63) is 35.4 Å². The number of amides is 2. The fourth-order valence-corrected chi connectivity index (χ4v) is 2.65. The van der Waals surface area contributed by atoms with Gasteiger partial charge < -0.3 is 4.74 Å². The maximum absolute atomic E-state index is 12.2. The van der Waals surface area contributed by atoms with E-state index in [0.717, 1.165) is 38.9 Å². The highest BCUT2D eigenvalue weighted by molar-refractivity contribution is 6.21. The summed E-state index contributed by atoms with van der Waals surface area (Å²) in [6.07, 6.45) is 3.95. The molecule has 0 N–H and O–H groups in total. The van der Waals surface area contributed by atoms with E-state index < -0.39 is 0 Å². The van der Waals surface area contributed by atoms with Crippen LogP contribution in [0.1, 0.15) is 67.2 Å². The van der Waals surface area contributed by atoms with Crippen LogP contribution in [0.2, 0.25) is 0 Å². The molecule has 1 aromatic carbocycles. The van der Waals surface area contributed by atoms with E-state index in [1.165, 1.54) is 4.90 Å². The van der Waals surface area contributed by atoms with Crippen molar-refractivity contribution in [1.82, 2.24) is 4.90 Å². The number of imide groups is 1. The van der Waals surface area contributed by atoms with Crippen LogP contribution in [0.25, 0.3) is 0 Å². The first-order chi connectivity index (χ1) is 10.9. The van der Waals surface area contributed by atoms with Gasteiger partial charge in [-0.3, -0.25) is 14.5 Å². The van der Waals surface area contributed by atoms with Gasteiger partial charge >= 0.3 is 0 Å². The second-order valence-corrected chi connectivity index (χ2v) is 7.33. The van der Waals surface area contributed by atoms with Crippen LogP contribution in [0.5, 0.6) is 0 Å². The summed E-state index contributed by atoms with van der Waals surface area (Å²) < 4.78 is 5.64. The molecule has 4 heteroatoms. The van der Waals surface area contributed by atoms with Crippen molar-refractivity contribution in [2.45, 2.75) is 46.5 Å². The van der Waals surface area contributed by atoms with Crippen LogP contribution in [-0.2, 0) is 4.74 Å². The van der Waals surface area contributed by atoms with Crippen molar-refractivity contribution in [3.8, 4) is 0 Å². The molecule has 0 atom stereocenters. The molecule has 126 valence electrons. The molecule has 1 aliphatic heterocycles. The number of carbonyl (C=O) groups excluding carboxylic acids is 2. The van der Waals surface area contributed by atoms with Gasteiger partial charge in [-0.25, -0.2) is 0 Å². The summed E-state index contributed by atoms with van der Waals surface area (Å²) in [7, 11) is 0. The van der Waals surface area contributed by atoms with Crippen molar-refractivity contribution >= 4 is 11.8 Å². The van der Waals surface area contributed by atoms with Crippen LogP contribution >= 0.6 is 0 Å². The third-order valence-corrected chi connectivity index (χ3v) is 3.83. The molecule has 0 saturated heterocycles. The lowest BCUT2D eigenvalue weighted by Gasteiger charge is -2.18. The summed E-state index contributed by atoms with van der Waals surface area (Å²) in [6, 6.07) is 7.04. The van der Waals surface area contributed by atoms with Crippen LogP contribution in [0, 0.1) is 5.41 Å². The van der Waals surface area contributed by atoms with Gasteiger partial charge in [0.15, 0.2) is 0 Å². The third-order valence-electron chi connectivity index (χ3n) is 3.83. The van der Waals surface area contributed by atoms with Gasteiger partial charge in [0.2, 0.25) is 0 Å². The number of nitrogens with zero attached hydrogens (tertiary/aromatic N) is 1. The molecule has 0 aromatic heterocycles. The molecule has 0 bridgehead atoms. The Morgan fingerprint density at radius 2 is 1.48 bits per heavy atom. The number of benzene rings is 1. The second kappa shape index (κ2) is 7.73. The molecular formula is C19H27NO3. The number of rotatable bonds is 8. The standard InChI is InChI=1S/C19H27NO3/c1-19(2,3)14-23-13-9-5-4-8-12-20-17(21)15-10-6-7-11-16(15)18(20)22/h6-7,10-11H,4-5,8-9,12-14H2,1-3H3. The highest BCUT2D eigenvalue weighted by Crippen LogP contribution is 2.22. The average molecular weight is 317 g/mol. The molecule has 23 heavy (non-hydrogen) atoms. The molecule has 0 radical (unpaired) electrons. The molecule has 0 spiro atoms. The fourth-order valence-electron chi connectivity index (χ4n) is 2.65. The number of hydrogen-bond donors (Lipinski definition) is 0. The molecule has 1 aromatic rings. The lowest BCUT2D eigenvalue weighted by atomic mass is 9.99. The molecule has 1 aliphatic rings. The van der Waals surface area contributed by atoms with Crippen molar-refractivity contribution in [3.63, 3.8) is 0 Å². The Morgan fingerprint density at radius 1 is 0.913 bits per heavy atom. The molecule has 0 saturated carbocycles. The lowest BCUT2D eigenvalue weighted by Crippen LogP contribution is -2.30. The Hall–Kier alpha value is -1.68. The first-order valence-corrected chi connectivity index (χ1v) is 8.43. The summed E-state index contributed by atoms with van der Waals surface area (Å²) in [4.78, 5) is 25.8. The smallest absolute Gasteiger partial charge is 0.261 e. The topological polar surface area (TPSA) is 46.6 Å². The van der Waals surface area contributed by atoms with E-state index in [2.05, 4.69) is 20.8 Å². The predicted molar refractivity (Wildman–Crippen MR) is 90.6 cm³/mol. The van der Waals surface area contributed by atoms with E-state index in [9.17, 15) is 9.59 Å². The molecule has 0 unspecified atom stereocenters. The van der Waals surface area contributed by atoms with E-state index >= 15 is 0 Å². The van der Waals surface area contributed by atoms with Crippen molar-refractivity contribution in [2.24, 2.45) is 5.41 Å². The zero-order valence-electron chi connectivity index (χ0n) is 14.4. The van der Waals surface area contributed by atoms with E-state index in [-0.39, 0.29) is 17.2 Å². The molecule has 1 heterocycles. The minimum absolute atomic E-state index is 0.154. The van der Waals surface area contributed by atoms with Crippen LogP contribution < -0.4 is 0 Å². The van der Waals surface area contributed by atoms with Gasteiger partial charge in [-0.15, -0.1) is 0 Å². The molecule has 0 fully saturated rings. The third kappa shape index (κ3) is 4.90. The number of hydrogen-bond acceptors (Lipinski definition) is 3. The predicted octanol–water partition coefficient (Wildman–Crippen LogP) is 3.91. The Kier molecular flexibility index (Phi) is 5.94. The summed E-state index contributed by atoms with van der Waals surface area (Å²) in [5.74, 6) is -0.307. The Bertz CT molecular complexity index is 525. The number of ether oxygens (including phenoxy) is 1. The van der Waals surface area contributed by atoms with Gasteiger partial charge in [0, 0.05) is 13.2 Å². The van der Waals surface area contributed by atoms with Crippen LogP contribution in [0.15, 0.2) is 24.3 Å². The normalized spacial score (nSPS) is 14.5. The number of unbranched alkanes of at least 4 members (excludes halogenated alkanes) is 3. The van der Waals surface area contributed by atoms with Crippen LogP contribution in [-0.4, -0.2) is 36.5 Å². The van der Waals surface area contributed by atoms with Crippen molar-refractivity contribution in [1.29, 1.82) is 0 Å². The Balaban J connectivity index is 1.63. The fraction of sp³-hybridized carbons (Fsp3) is 0.579. The average Bonchev–Trinajstić information content (AvgIpc) is 2.74. The quantitative estimate of drug-likeness (QED) is 0.539. The molecular weight excluding hydrogens is 290 g/mol. The second-order valence-electron chi connectivity index (χ2n) is 7.33. The monoisotopic (exact) mass is 317 g/mol. The van der Waals surface area contributed by atoms with Gasteiger partial charge in [0.1, 0.15) is 0 Å². The molecule has 0 aliphatic carbocycles. The maximum Gasteiger partial charge on any atom is 0.261 e. The number of carbonyl (C=O) groups is 2. The first-order valence-electron chi connectivity index (χ1n) is 8.43. The number of fused-ring (bicyclic) bond motifs is 1. The van der Waals surface area contributed by atoms with Gasteiger partial charge in [-0.2, -0.15) is 0 Å². The minimum Gasteiger partial charge on any atom is -0.381 e. The van der Waals surface area contributed by atoms with E-state index in [1.807, 2.05) is 0 Å². The minimum atomic E-state index is -0.154. The van der Waals surface area contributed by atoms with Gasteiger partial charge in [-0.05, 0) is 30.4 Å². The van der Waals surface area contributed by atoms with Crippen LogP contribution in [0.3, 0.4) is 0 Å². The summed E-state index contributed by atoms with van der Waals surface area (Å²) in [5, 5.41) is 0. The SMILES string of the molecule is CC(C)(C)COCCCCCCN1C(=O)c2ccccc2C1=O. The van der Waals surface area contributed by atoms with E-state index in [1.54, 1.807) is 24.3 Å². The summed E-state index contributed by atoms with van der Waals surface area (Å²) in [6.45, 7) is 8.56. The zero-order chi connectivity index (χ0) is 16.9. The van der Waals surface area contributed by atoms with E-state index in [0.29, 0.717) is 17.7 Å². The first kappa shape index (κ1) is 17.7. The Morgan fingerprint density at radius 3 is 2.04 bits per heavy atom. The Labute approximate surface area is 138 Å². The molecule has 2 rings (SSSR count). The maximum atomic E-state index is 12.2. The van der Waals surface area contributed by atoms with Gasteiger partial charge in [0.05, 0.1) is 17.7 Å². The van der Waals surface area contributed by atoms with E-state index in [4.69, 9.17) is 4.74 Å². The summed E-state index contributed by atoms with van der Waals surface area (Å²) >= 11 is 0. The largest absolute Gasteiger partial charge is 0.381 e. The van der Waals surface area contributed by atoms with Crippen LogP contribution in [0.4, 0.5) is 0 Å². The lowest BCUT2D eigenvalue weighted by molar-refractivity contribution is 0.0643.